The number of nitrogens with zero attached hydrogens (tertiary/aromatic N) is 1. The number of nitrogens with one attached hydrogen (secondary N) is 1. The first kappa shape index (κ1) is 13.0. The molecule has 2 unspecified atom stereocenters. The Labute approximate surface area is 95.4 Å². The predicted octanol–water partition coefficient (Wildman–Crippen LogP) is 2.50. The summed E-state index contributed by atoms with van der Waals surface area (Å²) in [7, 11) is 2.04. The van der Waals surface area contributed by atoms with Crippen LogP contribution in [0.4, 0.5) is 0 Å². The standard InChI is InChI=1S/C13H28N2/c1-4-6-13-8-10-15(11-13)12(2)7-5-9-14-3/h12-14H,4-11H2,1-3H3. The topological polar surface area (TPSA) is 15.3 Å². The van der Waals surface area contributed by atoms with Crippen molar-refractivity contribution in [3.8, 4) is 0 Å². The van der Waals surface area contributed by atoms with Crippen LogP contribution in [0.2, 0.25) is 0 Å². The summed E-state index contributed by atoms with van der Waals surface area (Å²) < 4.78 is 0. The molecule has 0 aromatic heterocycles. The Hall–Kier alpha value is -0.0800. The van der Waals surface area contributed by atoms with Gasteiger partial charge in [0.25, 0.3) is 0 Å². The molecule has 90 valence electrons. The van der Waals surface area contributed by atoms with E-state index in [1.807, 2.05) is 7.05 Å². The summed E-state index contributed by atoms with van der Waals surface area (Å²) in [6, 6.07) is 0.792. The van der Waals surface area contributed by atoms with Crippen LogP contribution in [-0.4, -0.2) is 37.6 Å². The highest BCUT2D eigenvalue weighted by atomic mass is 15.2. The van der Waals surface area contributed by atoms with Crippen LogP contribution in [0.15, 0.2) is 0 Å². The van der Waals surface area contributed by atoms with Gasteiger partial charge in [0.2, 0.25) is 0 Å². The molecule has 1 aliphatic heterocycles. The minimum atomic E-state index is 0.792. The van der Waals surface area contributed by atoms with Gasteiger partial charge in [-0.05, 0) is 58.7 Å². The van der Waals surface area contributed by atoms with E-state index in [0.717, 1.165) is 18.5 Å². The van der Waals surface area contributed by atoms with E-state index in [1.54, 1.807) is 0 Å². The Morgan fingerprint density at radius 3 is 2.93 bits per heavy atom. The number of hydrogen-bond donors (Lipinski definition) is 1. The molecule has 0 radical (unpaired) electrons. The fraction of sp³-hybridized carbons (Fsp3) is 1.00. The third-order valence-electron chi connectivity index (χ3n) is 3.69. The molecule has 1 N–H and O–H groups in total. The summed E-state index contributed by atoms with van der Waals surface area (Å²) in [5, 5.41) is 3.22. The average molecular weight is 212 g/mol. The highest BCUT2D eigenvalue weighted by Crippen LogP contribution is 2.23. The van der Waals surface area contributed by atoms with E-state index in [9.17, 15) is 0 Å². The minimum Gasteiger partial charge on any atom is -0.320 e. The summed E-state index contributed by atoms with van der Waals surface area (Å²) in [5.41, 5.74) is 0. The van der Waals surface area contributed by atoms with Crippen LogP contribution in [0.5, 0.6) is 0 Å². The van der Waals surface area contributed by atoms with E-state index >= 15 is 0 Å². The predicted molar refractivity (Wildman–Crippen MR) is 67.2 cm³/mol. The van der Waals surface area contributed by atoms with Crippen LogP contribution < -0.4 is 5.32 Å². The zero-order valence-electron chi connectivity index (χ0n) is 10.8. The molecule has 1 heterocycles. The molecule has 1 rings (SSSR count). The molecule has 0 aromatic rings. The largest absolute Gasteiger partial charge is 0.320 e. The molecule has 0 aliphatic carbocycles. The van der Waals surface area contributed by atoms with Crippen LogP contribution in [0.25, 0.3) is 0 Å². The minimum absolute atomic E-state index is 0.792. The lowest BCUT2D eigenvalue weighted by Crippen LogP contribution is -2.31. The second kappa shape index (κ2) is 7.24. The SMILES string of the molecule is CCCC1CCN(C(C)CCCNC)C1. The van der Waals surface area contributed by atoms with Crippen molar-refractivity contribution in [2.45, 2.75) is 52.0 Å². The fourth-order valence-corrected chi connectivity index (χ4v) is 2.66. The van der Waals surface area contributed by atoms with Crippen molar-refractivity contribution in [2.24, 2.45) is 5.92 Å². The molecule has 0 amide bonds. The lowest BCUT2D eigenvalue weighted by atomic mass is 10.0. The first-order valence-electron chi connectivity index (χ1n) is 6.66. The number of likely N-dealkylation sites (tertiary alicyclic amines) is 1. The molecular formula is C13H28N2. The van der Waals surface area contributed by atoms with Gasteiger partial charge in [0.05, 0.1) is 0 Å². The van der Waals surface area contributed by atoms with Gasteiger partial charge < -0.3 is 10.2 Å². The summed E-state index contributed by atoms with van der Waals surface area (Å²) in [5.74, 6) is 0.988. The maximum absolute atomic E-state index is 3.22. The Morgan fingerprint density at radius 1 is 1.47 bits per heavy atom. The molecule has 2 atom stereocenters. The monoisotopic (exact) mass is 212 g/mol. The molecular weight excluding hydrogens is 184 g/mol. The van der Waals surface area contributed by atoms with Crippen molar-refractivity contribution < 1.29 is 0 Å². The van der Waals surface area contributed by atoms with Gasteiger partial charge in [-0.3, -0.25) is 0 Å². The molecule has 2 heteroatoms. The van der Waals surface area contributed by atoms with E-state index in [1.165, 1.54) is 45.2 Å². The molecule has 15 heavy (non-hydrogen) atoms. The maximum atomic E-state index is 3.22. The van der Waals surface area contributed by atoms with Crippen molar-refractivity contribution in [3.05, 3.63) is 0 Å². The summed E-state index contributed by atoms with van der Waals surface area (Å²) >= 11 is 0. The summed E-state index contributed by atoms with van der Waals surface area (Å²) in [4.78, 5) is 2.69. The quantitative estimate of drug-likeness (QED) is 0.652. The molecule has 0 aromatic carbocycles. The number of hydrogen-bond acceptors (Lipinski definition) is 2. The van der Waals surface area contributed by atoms with Crippen molar-refractivity contribution in [1.29, 1.82) is 0 Å². The van der Waals surface area contributed by atoms with Gasteiger partial charge in [-0.1, -0.05) is 13.3 Å². The smallest absolute Gasteiger partial charge is 0.00675 e. The average Bonchev–Trinajstić information content (AvgIpc) is 2.67. The lowest BCUT2D eigenvalue weighted by Gasteiger charge is -2.24. The van der Waals surface area contributed by atoms with Gasteiger partial charge in [0, 0.05) is 12.6 Å². The third-order valence-corrected chi connectivity index (χ3v) is 3.69. The first-order valence-corrected chi connectivity index (χ1v) is 6.66. The second-order valence-corrected chi connectivity index (χ2v) is 5.03. The first-order chi connectivity index (χ1) is 7.27. The van der Waals surface area contributed by atoms with E-state index < -0.39 is 0 Å². The molecule has 1 aliphatic rings. The van der Waals surface area contributed by atoms with Gasteiger partial charge in [0.1, 0.15) is 0 Å². The molecule has 2 nitrogen and oxygen atoms in total. The summed E-state index contributed by atoms with van der Waals surface area (Å²) in [6.45, 7) is 8.56. The molecule has 1 fully saturated rings. The molecule has 1 saturated heterocycles. The van der Waals surface area contributed by atoms with Gasteiger partial charge in [-0.2, -0.15) is 0 Å². The molecule has 0 saturated carbocycles. The van der Waals surface area contributed by atoms with E-state index in [4.69, 9.17) is 0 Å². The van der Waals surface area contributed by atoms with E-state index in [2.05, 4.69) is 24.1 Å². The van der Waals surface area contributed by atoms with Gasteiger partial charge in [-0.25, -0.2) is 0 Å². The highest BCUT2D eigenvalue weighted by Gasteiger charge is 2.24. The van der Waals surface area contributed by atoms with Crippen molar-refractivity contribution in [2.75, 3.05) is 26.7 Å². The number of rotatable bonds is 7. The Balaban J connectivity index is 2.15. The van der Waals surface area contributed by atoms with E-state index in [-0.39, 0.29) is 0 Å². The van der Waals surface area contributed by atoms with Crippen LogP contribution in [-0.2, 0) is 0 Å². The van der Waals surface area contributed by atoms with Gasteiger partial charge in [0.15, 0.2) is 0 Å². The Morgan fingerprint density at radius 2 is 2.27 bits per heavy atom. The molecule has 0 bridgehead atoms. The van der Waals surface area contributed by atoms with E-state index in [0.29, 0.717) is 0 Å². The Kier molecular flexibility index (Phi) is 6.26. The van der Waals surface area contributed by atoms with Crippen LogP contribution in [0.3, 0.4) is 0 Å². The van der Waals surface area contributed by atoms with Crippen LogP contribution >= 0.6 is 0 Å². The van der Waals surface area contributed by atoms with Crippen LogP contribution in [0, 0.1) is 5.92 Å². The maximum Gasteiger partial charge on any atom is 0.00675 e. The fourth-order valence-electron chi connectivity index (χ4n) is 2.66. The van der Waals surface area contributed by atoms with Gasteiger partial charge >= 0.3 is 0 Å². The van der Waals surface area contributed by atoms with Crippen LogP contribution in [0.1, 0.15) is 46.0 Å². The zero-order valence-corrected chi connectivity index (χ0v) is 10.8. The Bertz CT molecular complexity index is 159. The van der Waals surface area contributed by atoms with Gasteiger partial charge in [-0.15, -0.1) is 0 Å². The van der Waals surface area contributed by atoms with Crippen molar-refractivity contribution >= 4 is 0 Å². The van der Waals surface area contributed by atoms with Crippen molar-refractivity contribution in [3.63, 3.8) is 0 Å². The zero-order chi connectivity index (χ0) is 11.1. The lowest BCUT2D eigenvalue weighted by molar-refractivity contribution is 0.233. The van der Waals surface area contributed by atoms with Crippen molar-refractivity contribution in [1.82, 2.24) is 10.2 Å². The summed E-state index contributed by atoms with van der Waals surface area (Å²) in [6.07, 6.45) is 6.88. The molecule has 0 spiro atoms. The normalized spacial score (nSPS) is 24.6. The third kappa shape index (κ3) is 4.52. The second-order valence-electron chi connectivity index (χ2n) is 5.03. The highest BCUT2D eigenvalue weighted by molar-refractivity contribution is 4.79.